The third-order valence-corrected chi connectivity index (χ3v) is 2.08. The van der Waals surface area contributed by atoms with Crippen LogP contribution in [0.5, 0.6) is 0 Å². The molecule has 0 spiro atoms. The van der Waals surface area contributed by atoms with Crippen molar-refractivity contribution in [2.24, 2.45) is 0 Å². The molecular weight excluding hydrogens is 212 g/mol. The van der Waals surface area contributed by atoms with Crippen molar-refractivity contribution in [2.45, 2.75) is 0 Å². The highest BCUT2D eigenvalue weighted by Gasteiger charge is 2.16. The summed E-state index contributed by atoms with van der Waals surface area (Å²) in [4.78, 5) is 21.6. The van der Waals surface area contributed by atoms with Gasteiger partial charge in [0.2, 0.25) is 0 Å². The summed E-state index contributed by atoms with van der Waals surface area (Å²) in [6.45, 7) is 3.21. The third-order valence-electron chi connectivity index (χ3n) is 2.08. The number of carboxylic acids is 2. The lowest BCUT2D eigenvalue weighted by molar-refractivity contribution is 0.0651. The smallest absolute Gasteiger partial charge is 0.336 e. The molecule has 84 valence electrons. The summed E-state index contributed by atoms with van der Waals surface area (Å²) in [7, 11) is 0. The largest absolute Gasteiger partial charge is 0.478 e. The number of hydrogen-bond acceptors (Lipinski definition) is 3. The lowest BCUT2D eigenvalue weighted by atomic mass is 10.0. The van der Waals surface area contributed by atoms with Crippen LogP contribution in [0.15, 0.2) is 24.8 Å². The molecule has 0 aliphatic carbocycles. The maximum Gasteiger partial charge on any atom is 0.336 e. The van der Waals surface area contributed by atoms with Crippen molar-refractivity contribution in [2.75, 3.05) is 6.61 Å². The molecule has 0 saturated carbocycles. The minimum absolute atomic E-state index is 0.290. The fourth-order valence-electron chi connectivity index (χ4n) is 1.22. The number of carboxylic acid groups (broad SMARTS) is 2. The van der Waals surface area contributed by atoms with Gasteiger partial charge in [0.05, 0.1) is 17.7 Å². The SMILES string of the molecule is C=C(CO)c1ccc(C(=O)O)c(C(=O)O)c1. The number of aliphatic hydroxyl groups is 1. The number of rotatable bonds is 4. The summed E-state index contributed by atoms with van der Waals surface area (Å²) in [5.41, 5.74) is 0.130. The van der Waals surface area contributed by atoms with E-state index in [1.807, 2.05) is 0 Å². The van der Waals surface area contributed by atoms with Gasteiger partial charge in [0.15, 0.2) is 0 Å². The molecule has 1 aromatic carbocycles. The van der Waals surface area contributed by atoms with Crippen LogP contribution in [-0.4, -0.2) is 33.9 Å². The molecule has 0 heterocycles. The summed E-state index contributed by atoms with van der Waals surface area (Å²) in [5.74, 6) is -2.64. The lowest BCUT2D eigenvalue weighted by Gasteiger charge is -2.06. The van der Waals surface area contributed by atoms with E-state index in [1.54, 1.807) is 0 Å². The van der Waals surface area contributed by atoms with Crippen molar-refractivity contribution in [3.8, 4) is 0 Å². The van der Waals surface area contributed by atoms with Gasteiger partial charge in [0.1, 0.15) is 0 Å². The molecular formula is C11H10O5. The summed E-state index contributed by atoms with van der Waals surface area (Å²) < 4.78 is 0. The predicted molar refractivity (Wildman–Crippen MR) is 56.5 cm³/mol. The van der Waals surface area contributed by atoms with E-state index in [1.165, 1.54) is 18.2 Å². The van der Waals surface area contributed by atoms with E-state index < -0.39 is 11.9 Å². The predicted octanol–water partition coefficient (Wildman–Crippen LogP) is 1.09. The number of benzene rings is 1. The second kappa shape index (κ2) is 4.59. The number of carbonyl (C=O) groups is 2. The first kappa shape index (κ1) is 11.9. The Hall–Kier alpha value is -2.14. The van der Waals surface area contributed by atoms with Gasteiger partial charge in [0.25, 0.3) is 0 Å². The molecule has 0 amide bonds. The molecule has 1 rings (SSSR count). The van der Waals surface area contributed by atoms with E-state index in [0.29, 0.717) is 11.1 Å². The summed E-state index contributed by atoms with van der Waals surface area (Å²) in [6.07, 6.45) is 0. The van der Waals surface area contributed by atoms with Crippen molar-refractivity contribution >= 4 is 17.5 Å². The molecule has 1 aromatic rings. The van der Waals surface area contributed by atoms with Gasteiger partial charge in [-0.3, -0.25) is 0 Å². The fraction of sp³-hybridized carbons (Fsp3) is 0.0909. The molecule has 0 unspecified atom stereocenters. The molecule has 0 saturated heterocycles. The molecule has 0 fully saturated rings. The van der Waals surface area contributed by atoms with Crippen LogP contribution in [0.3, 0.4) is 0 Å². The monoisotopic (exact) mass is 222 g/mol. The molecule has 0 aliphatic heterocycles. The molecule has 5 nitrogen and oxygen atoms in total. The van der Waals surface area contributed by atoms with E-state index in [-0.39, 0.29) is 17.7 Å². The zero-order chi connectivity index (χ0) is 12.3. The Morgan fingerprint density at radius 3 is 2.12 bits per heavy atom. The van der Waals surface area contributed by atoms with Gasteiger partial charge in [0, 0.05) is 0 Å². The van der Waals surface area contributed by atoms with Gasteiger partial charge in [-0.25, -0.2) is 9.59 Å². The van der Waals surface area contributed by atoms with Crippen LogP contribution in [0, 0.1) is 0 Å². The van der Waals surface area contributed by atoms with Crippen molar-refractivity contribution in [3.63, 3.8) is 0 Å². The quantitative estimate of drug-likeness (QED) is 0.708. The average Bonchev–Trinajstić information content (AvgIpc) is 2.26. The average molecular weight is 222 g/mol. The fourth-order valence-corrected chi connectivity index (χ4v) is 1.22. The first-order chi connectivity index (χ1) is 7.47. The van der Waals surface area contributed by atoms with Crippen molar-refractivity contribution in [3.05, 3.63) is 41.5 Å². The molecule has 16 heavy (non-hydrogen) atoms. The van der Waals surface area contributed by atoms with Crippen LogP contribution in [0.1, 0.15) is 26.3 Å². The molecule has 0 atom stereocenters. The highest BCUT2D eigenvalue weighted by atomic mass is 16.4. The Balaban J connectivity index is 3.34. The summed E-state index contributed by atoms with van der Waals surface area (Å²) in [6, 6.07) is 3.78. The Bertz CT molecular complexity index is 461. The number of aliphatic hydroxyl groups excluding tert-OH is 1. The van der Waals surface area contributed by atoms with Crippen LogP contribution in [0.2, 0.25) is 0 Å². The van der Waals surface area contributed by atoms with Crippen LogP contribution >= 0.6 is 0 Å². The summed E-state index contributed by atoms with van der Waals surface area (Å²) in [5, 5.41) is 26.4. The van der Waals surface area contributed by atoms with Gasteiger partial charge in [-0.2, -0.15) is 0 Å². The first-order valence-corrected chi connectivity index (χ1v) is 4.37. The van der Waals surface area contributed by atoms with Gasteiger partial charge >= 0.3 is 11.9 Å². The van der Waals surface area contributed by atoms with Gasteiger partial charge in [-0.15, -0.1) is 0 Å². The maximum atomic E-state index is 10.8. The summed E-state index contributed by atoms with van der Waals surface area (Å²) >= 11 is 0. The van der Waals surface area contributed by atoms with Gasteiger partial charge < -0.3 is 15.3 Å². The Morgan fingerprint density at radius 1 is 1.12 bits per heavy atom. The van der Waals surface area contributed by atoms with Gasteiger partial charge in [-0.1, -0.05) is 12.6 Å². The van der Waals surface area contributed by atoms with Crippen molar-refractivity contribution in [1.29, 1.82) is 0 Å². The van der Waals surface area contributed by atoms with Crippen LogP contribution < -0.4 is 0 Å². The molecule has 3 N–H and O–H groups in total. The van der Waals surface area contributed by atoms with Crippen LogP contribution in [0.4, 0.5) is 0 Å². The van der Waals surface area contributed by atoms with Crippen LogP contribution in [0.25, 0.3) is 5.57 Å². The zero-order valence-corrected chi connectivity index (χ0v) is 8.30. The zero-order valence-electron chi connectivity index (χ0n) is 8.30. The lowest BCUT2D eigenvalue weighted by Crippen LogP contribution is -2.08. The van der Waals surface area contributed by atoms with E-state index in [0.717, 1.165) is 0 Å². The van der Waals surface area contributed by atoms with Crippen LogP contribution in [-0.2, 0) is 0 Å². The Labute approximate surface area is 91.3 Å². The molecule has 0 aliphatic rings. The molecule has 5 heteroatoms. The Morgan fingerprint density at radius 2 is 1.69 bits per heavy atom. The number of hydrogen-bond donors (Lipinski definition) is 3. The maximum absolute atomic E-state index is 10.8. The Kier molecular flexibility index (Phi) is 3.42. The minimum atomic E-state index is -1.33. The molecule has 0 bridgehead atoms. The van der Waals surface area contributed by atoms with E-state index in [4.69, 9.17) is 15.3 Å². The third kappa shape index (κ3) is 2.26. The van der Waals surface area contributed by atoms with Gasteiger partial charge in [-0.05, 0) is 23.3 Å². The second-order valence-corrected chi connectivity index (χ2v) is 3.13. The first-order valence-electron chi connectivity index (χ1n) is 4.37. The number of aromatic carboxylic acids is 2. The molecule has 0 aromatic heterocycles. The van der Waals surface area contributed by atoms with Crippen molar-refractivity contribution in [1.82, 2.24) is 0 Å². The minimum Gasteiger partial charge on any atom is -0.478 e. The topological polar surface area (TPSA) is 94.8 Å². The van der Waals surface area contributed by atoms with E-state index in [9.17, 15) is 9.59 Å². The second-order valence-electron chi connectivity index (χ2n) is 3.13. The van der Waals surface area contributed by atoms with E-state index in [2.05, 4.69) is 6.58 Å². The normalized spacial score (nSPS) is 9.81. The highest BCUT2D eigenvalue weighted by Crippen LogP contribution is 2.17. The van der Waals surface area contributed by atoms with E-state index >= 15 is 0 Å². The highest BCUT2D eigenvalue weighted by molar-refractivity contribution is 6.02. The standard InChI is InChI=1S/C11H10O5/c1-6(5-12)7-2-3-8(10(13)14)9(4-7)11(15)16/h2-4,12H,1,5H2,(H,13,14)(H,15,16). The van der Waals surface area contributed by atoms with Crippen molar-refractivity contribution < 1.29 is 24.9 Å². The molecule has 0 radical (unpaired) electrons.